The van der Waals surface area contributed by atoms with Crippen LogP contribution in [0.1, 0.15) is 36.1 Å². The van der Waals surface area contributed by atoms with E-state index in [2.05, 4.69) is 25.3 Å². The highest BCUT2D eigenvalue weighted by atomic mass is 19.1. The van der Waals surface area contributed by atoms with E-state index in [0.717, 1.165) is 6.20 Å². The molecular formula is C26H25F2N7O2. The van der Waals surface area contributed by atoms with Gasteiger partial charge in [0.15, 0.2) is 11.6 Å². The molecule has 5 heterocycles. The van der Waals surface area contributed by atoms with Crippen molar-refractivity contribution in [2.45, 2.75) is 26.8 Å². The highest BCUT2D eigenvalue weighted by Gasteiger charge is 2.50. The second kappa shape index (κ2) is 8.55. The lowest BCUT2D eigenvalue weighted by Gasteiger charge is -2.54. The van der Waals surface area contributed by atoms with Crippen LogP contribution in [-0.2, 0) is 4.74 Å². The smallest absolute Gasteiger partial charge is 0.255 e. The van der Waals surface area contributed by atoms with E-state index >= 15 is 0 Å². The highest BCUT2D eigenvalue weighted by Crippen LogP contribution is 2.38. The number of nitrogens with zero attached hydrogens (tertiary/aromatic N) is 6. The van der Waals surface area contributed by atoms with Gasteiger partial charge in [0.2, 0.25) is 5.95 Å². The molecule has 1 N–H and O–H groups in total. The van der Waals surface area contributed by atoms with Gasteiger partial charge in [0, 0.05) is 30.9 Å². The third-order valence-electron chi connectivity index (χ3n) is 6.87. The molecule has 2 aliphatic heterocycles. The molecule has 2 saturated heterocycles. The molecule has 9 nitrogen and oxygen atoms in total. The maximum absolute atomic E-state index is 14.9. The van der Waals surface area contributed by atoms with Gasteiger partial charge in [-0.3, -0.25) is 4.79 Å². The lowest BCUT2D eigenvalue weighted by atomic mass is 9.78. The quantitative estimate of drug-likeness (QED) is 0.433. The van der Waals surface area contributed by atoms with E-state index < -0.39 is 11.6 Å². The number of halogens is 2. The lowest BCUT2D eigenvalue weighted by molar-refractivity contribution is -0.176. The van der Waals surface area contributed by atoms with Crippen LogP contribution in [0.15, 0.2) is 36.7 Å². The number of pyridine rings is 1. The predicted octanol–water partition coefficient (Wildman–Crippen LogP) is 4.27. The Hall–Kier alpha value is -3.99. The molecule has 1 spiro atoms. The van der Waals surface area contributed by atoms with Crippen molar-refractivity contribution < 1.29 is 18.3 Å². The highest BCUT2D eigenvalue weighted by molar-refractivity contribution is 5.94. The summed E-state index contributed by atoms with van der Waals surface area (Å²) in [4.78, 5) is 31.4. The van der Waals surface area contributed by atoms with Crippen molar-refractivity contribution in [2.75, 3.05) is 31.6 Å². The van der Waals surface area contributed by atoms with Crippen LogP contribution in [0.25, 0.3) is 22.3 Å². The number of aromatic nitrogens is 5. The summed E-state index contributed by atoms with van der Waals surface area (Å²) >= 11 is 0. The first-order chi connectivity index (χ1) is 17.7. The molecule has 0 unspecified atom stereocenters. The number of amides is 1. The van der Waals surface area contributed by atoms with Gasteiger partial charge in [-0.05, 0) is 45.0 Å². The molecule has 2 fully saturated rings. The zero-order chi connectivity index (χ0) is 25.9. The number of likely N-dealkylation sites (tertiary alicyclic amines) is 1. The first-order valence-corrected chi connectivity index (χ1v) is 12.0. The second-order valence-corrected chi connectivity index (χ2v) is 10.0. The Balaban J connectivity index is 1.24. The molecule has 0 atom stereocenters. The Morgan fingerprint density at radius 2 is 1.86 bits per heavy atom. The van der Waals surface area contributed by atoms with E-state index in [-0.39, 0.29) is 40.1 Å². The van der Waals surface area contributed by atoms with E-state index in [0.29, 0.717) is 49.0 Å². The molecule has 0 radical (unpaired) electrons. The Kier molecular flexibility index (Phi) is 5.41. The van der Waals surface area contributed by atoms with Crippen LogP contribution in [0.2, 0.25) is 0 Å². The van der Waals surface area contributed by atoms with Crippen LogP contribution in [-0.4, -0.2) is 61.6 Å². The van der Waals surface area contributed by atoms with Crippen LogP contribution in [0.3, 0.4) is 0 Å². The van der Waals surface area contributed by atoms with Crippen molar-refractivity contribution in [3.63, 3.8) is 0 Å². The van der Waals surface area contributed by atoms with Crippen LogP contribution in [0.4, 0.5) is 20.5 Å². The van der Waals surface area contributed by atoms with Crippen LogP contribution in [0, 0.1) is 24.0 Å². The molecule has 190 valence electrons. The molecule has 1 amide bonds. The first-order valence-electron chi connectivity index (χ1n) is 12.0. The number of fused-ring (bicyclic) bond motifs is 1. The summed E-state index contributed by atoms with van der Waals surface area (Å²) in [6, 6.07) is 6.26. The van der Waals surface area contributed by atoms with Crippen molar-refractivity contribution in [2.24, 2.45) is 5.41 Å². The van der Waals surface area contributed by atoms with Crippen molar-refractivity contribution >= 4 is 28.7 Å². The molecule has 4 aromatic rings. The second-order valence-electron chi connectivity index (χ2n) is 10.0. The number of aryl methyl sites for hydroxylation is 1. The number of carbonyl (C=O) groups is 1. The molecular weight excluding hydrogens is 480 g/mol. The van der Waals surface area contributed by atoms with E-state index in [1.165, 1.54) is 12.3 Å². The van der Waals surface area contributed by atoms with Gasteiger partial charge in [-0.25, -0.2) is 28.7 Å². The topological polar surface area (TPSA) is 98.1 Å². The average Bonchev–Trinajstić information content (AvgIpc) is 3.15. The zero-order valence-electron chi connectivity index (χ0n) is 20.6. The van der Waals surface area contributed by atoms with Crippen molar-refractivity contribution in [1.29, 1.82) is 0 Å². The van der Waals surface area contributed by atoms with Gasteiger partial charge >= 0.3 is 0 Å². The van der Waals surface area contributed by atoms with E-state index in [1.54, 1.807) is 23.1 Å². The number of ether oxygens (including phenoxy) is 1. The fourth-order valence-electron chi connectivity index (χ4n) is 5.06. The Bertz CT molecular complexity index is 1520. The summed E-state index contributed by atoms with van der Waals surface area (Å²) in [5.41, 5.74) is 1.63. The van der Waals surface area contributed by atoms with Gasteiger partial charge in [0.1, 0.15) is 22.9 Å². The molecule has 37 heavy (non-hydrogen) atoms. The van der Waals surface area contributed by atoms with Gasteiger partial charge < -0.3 is 19.5 Å². The van der Waals surface area contributed by atoms with Gasteiger partial charge in [-0.1, -0.05) is 0 Å². The average molecular weight is 506 g/mol. The van der Waals surface area contributed by atoms with E-state index in [1.807, 2.05) is 25.3 Å². The van der Waals surface area contributed by atoms with Crippen LogP contribution in [0.5, 0.6) is 0 Å². The van der Waals surface area contributed by atoms with Crippen molar-refractivity contribution in [1.82, 2.24) is 29.4 Å². The van der Waals surface area contributed by atoms with Crippen LogP contribution >= 0.6 is 0 Å². The number of rotatable bonds is 5. The molecule has 6 rings (SSSR count). The van der Waals surface area contributed by atoms with Gasteiger partial charge in [0.25, 0.3) is 5.91 Å². The SMILES string of the molecule is Cc1nc2c(F)cc(-c3nc(Nc4ccc(C(=O)N5CC6(COC6)C5)cn4)ncc3F)cc2n1C(C)C. The lowest BCUT2D eigenvalue weighted by Crippen LogP contribution is -2.67. The summed E-state index contributed by atoms with van der Waals surface area (Å²) < 4.78 is 36.8. The number of imidazole rings is 1. The summed E-state index contributed by atoms with van der Waals surface area (Å²) in [6.45, 7) is 8.56. The molecule has 11 heteroatoms. The third-order valence-corrected chi connectivity index (χ3v) is 6.87. The summed E-state index contributed by atoms with van der Waals surface area (Å²) in [7, 11) is 0. The fourth-order valence-corrected chi connectivity index (χ4v) is 5.06. The third kappa shape index (κ3) is 3.99. The van der Waals surface area contributed by atoms with E-state index in [9.17, 15) is 13.6 Å². The number of hydrogen-bond donors (Lipinski definition) is 1. The molecule has 1 aromatic carbocycles. The maximum Gasteiger partial charge on any atom is 0.255 e. The van der Waals surface area contributed by atoms with Gasteiger partial charge in [-0.2, -0.15) is 0 Å². The molecule has 0 aliphatic carbocycles. The summed E-state index contributed by atoms with van der Waals surface area (Å²) in [5, 5.41) is 2.93. The monoisotopic (exact) mass is 505 g/mol. The van der Waals surface area contributed by atoms with Crippen molar-refractivity contribution in [3.05, 3.63) is 59.7 Å². The Morgan fingerprint density at radius 1 is 1.08 bits per heavy atom. The molecule has 3 aromatic heterocycles. The standard InChI is InChI=1S/C26H25F2N7O2/c1-14(2)35-15(3)31-23-18(27)6-17(7-20(23)35)22-19(28)9-30-25(33-22)32-21-5-4-16(8-29-21)24(36)34-10-26(11-34)12-37-13-26/h4-9,14H,10-13H2,1-3H3,(H,29,30,32,33). The maximum atomic E-state index is 14.9. The van der Waals surface area contributed by atoms with Crippen molar-refractivity contribution in [3.8, 4) is 11.3 Å². The molecule has 0 bridgehead atoms. The number of nitrogens with one attached hydrogen (secondary N) is 1. The summed E-state index contributed by atoms with van der Waals surface area (Å²) in [5.74, 6) is -0.170. The number of anilines is 2. The number of benzene rings is 1. The van der Waals surface area contributed by atoms with Gasteiger partial charge in [0.05, 0.1) is 35.9 Å². The minimum absolute atomic E-state index is 0.0440. The molecule has 2 aliphatic rings. The Morgan fingerprint density at radius 3 is 2.51 bits per heavy atom. The zero-order valence-corrected chi connectivity index (χ0v) is 20.6. The van der Waals surface area contributed by atoms with E-state index in [4.69, 9.17) is 4.74 Å². The minimum Gasteiger partial charge on any atom is -0.380 e. The largest absolute Gasteiger partial charge is 0.380 e. The fraction of sp³-hybridized carbons (Fsp3) is 0.346. The normalized spacial score (nSPS) is 16.2. The first kappa shape index (κ1) is 23.4. The minimum atomic E-state index is -0.685. The summed E-state index contributed by atoms with van der Waals surface area (Å²) in [6.07, 6.45) is 2.51. The number of carbonyl (C=O) groups excluding carboxylic acids is 1. The van der Waals surface area contributed by atoms with Gasteiger partial charge in [-0.15, -0.1) is 0 Å². The van der Waals surface area contributed by atoms with Crippen LogP contribution < -0.4 is 5.32 Å². The molecule has 0 saturated carbocycles. The predicted molar refractivity (Wildman–Crippen MR) is 132 cm³/mol. The Labute approximate surface area is 211 Å². The number of hydrogen-bond acceptors (Lipinski definition) is 7.